The van der Waals surface area contributed by atoms with Crippen LogP contribution in [0.25, 0.3) is 11.1 Å². The predicted molar refractivity (Wildman–Crippen MR) is 72.0 cm³/mol. The maximum Gasteiger partial charge on any atom is 1.00 e. The molecule has 4 heteroatoms. The van der Waals surface area contributed by atoms with Gasteiger partial charge in [-0.15, -0.1) is 0 Å². The van der Waals surface area contributed by atoms with Crippen LogP contribution in [0.2, 0.25) is 0 Å². The van der Waals surface area contributed by atoms with Crippen molar-refractivity contribution in [2.24, 2.45) is 0 Å². The first-order valence-corrected chi connectivity index (χ1v) is 6.40. The van der Waals surface area contributed by atoms with Crippen molar-refractivity contribution in [2.45, 2.75) is 24.3 Å². The number of hydrogen-bond acceptors (Lipinski definition) is 3. The third kappa shape index (κ3) is 2.54. The fraction of sp³-hybridized carbons (Fsp3) is 0.200. The van der Waals surface area contributed by atoms with Crippen molar-refractivity contribution in [1.82, 2.24) is 4.98 Å². The quantitative estimate of drug-likeness (QED) is 0.543. The van der Waals surface area contributed by atoms with Gasteiger partial charge in [-0.2, -0.15) is 5.26 Å². The number of aromatic nitrogens is 1. The van der Waals surface area contributed by atoms with Crippen molar-refractivity contribution < 1.29 is 29.6 Å². The summed E-state index contributed by atoms with van der Waals surface area (Å²) < 4.78 is 0. The van der Waals surface area contributed by atoms with Crippen LogP contribution >= 0.6 is 0 Å². The largest absolute Gasteiger partial charge is 1.00 e. The molecule has 0 fully saturated rings. The van der Waals surface area contributed by atoms with Gasteiger partial charge in [0.15, 0.2) is 0 Å². The monoisotopic (exact) mass is 274 g/mol. The van der Waals surface area contributed by atoms with Gasteiger partial charge in [0.05, 0.1) is 11.6 Å². The Kier molecular flexibility index (Phi) is 4.59. The maximum absolute atomic E-state index is 9.34. The molecule has 0 saturated heterocycles. The average molecular weight is 274 g/mol. The van der Waals surface area contributed by atoms with E-state index in [-0.39, 0.29) is 29.6 Å². The molecule has 1 aromatic heterocycles. The molecule has 1 aliphatic rings. The van der Waals surface area contributed by atoms with Crippen molar-refractivity contribution in [1.29, 1.82) is 5.26 Å². The number of benzene rings is 1. The molecule has 1 aliphatic carbocycles. The van der Waals surface area contributed by atoms with Crippen molar-refractivity contribution in [3.63, 3.8) is 0 Å². The Balaban J connectivity index is 0.00000133. The van der Waals surface area contributed by atoms with Crippen LogP contribution in [0.1, 0.15) is 23.2 Å². The molecule has 1 heterocycles. The molecule has 0 aliphatic heterocycles. The van der Waals surface area contributed by atoms with Crippen LogP contribution in [0.5, 0.6) is 0 Å². The molecule has 1 aromatic carbocycles. The second kappa shape index (κ2) is 6.02. The molecule has 0 N–H and O–H groups in total. The molecule has 88 valence electrons. The van der Waals surface area contributed by atoms with E-state index < -0.39 is 0 Å². The first kappa shape index (κ1) is 14.5. The summed E-state index contributed by atoms with van der Waals surface area (Å²) in [6.07, 6.45) is 3.08. The van der Waals surface area contributed by atoms with E-state index in [0.717, 1.165) is 36.1 Å². The zero-order valence-corrected chi connectivity index (χ0v) is 13.6. The van der Waals surface area contributed by atoms with E-state index in [9.17, 15) is 5.26 Å². The van der Waals surface area contributed by atoms with Crippen LogP contribution in [0.3, 0.4) is 0 Å². The molecule has 19 heavy (non-hydrogen) atoms. The van der Waals surface area contributed by atoms with E-state index in [1.807, 2.05) is 30.3 Å². The number of hydrogen-bond donors (Lipinski definition) is 0. The van der Waals surface area contributed by atoms with Gasteiger partial charge in [-0.1, -0.05) is 35.4 Å². The van der Waals surface area contributed by atoms with Gasteiger partial charge < -0.3 is 12.6 Å². The minimum absolute atomic E-state index is 0. The molecule has 0 amide bonds. The standard InChI is InChI=1S/C15H12N2S.Na/c16-9-12-14(10-5-2-1-3-6-10)11-7-4-8-13(11)17-15(12)18;/h1-3,5-6H,4,7-8H2,(H,17,18);/q;+1/p-1. The van der Waals surface area contributed by atoms with Crippen molar-refractivity contribution >= 4 is 12.6 Å². The second-order valence-electron chi connectivity index (χ2n) is 4.42. The Hall–Kier alpha value is -0.920. The van der Waals surface area contributed by atoms with Crippen molar-refractivity contribution in [2.75, 3.05) is 0 Å². The Labute approximate surface area is 140 Å². The van der Waals surface area contributed by atoms with E-state index in [1.54, 1.807) is 0 Å². The molecule has 3 rings (SSSR count). The van der Waals surface area contributed by atoms with Gasteiger partial charge >= 0.3 is 29.6 Å². The zero-order valence-electron chi connectivity index (χ0n) is 10.8. The van der Waals surface area contributed by atoms with Crippen LogP contribution in [-0.2, 0) is 25.5 Å². The van der Waals surface area contributed by atoms with Gasteiger partial charge in [0.25, 0.3) is 0 Å². The smallest absolute Gasteiger partial charge is 0.759 e. The minimum atomic E-state index is 0. The summed E-state index contributed by atoms with van der Waals surface area (Å²) in [7, 11) is 0. The van der Waals surface area contributed by atoms with E-state index in [0.29, 0.717) is 10.6 Å². The third-order valence-corrected chi connectivity index (χ3v) is 3.66. The Morgan fingerprint density at radius 1 is 1.16 bits per heavy atom. The number of nitriles is 1. The van der Waals surface area contributed by atoms with Gasteiger partial charge in [0, 0.05) is 11.3 Å². The third-order valence-electron chi connectivity index (χ3n) is 3.37. The number of pyridine rings is 1. The normalized spacial score (nSPS) is 12.4. The number of aryl methyl sites for hydroxylation is 1. The summed E-state index contributed by atoms with van der Waals surface area (Å²) >= 11 is 5.25. The number of fused-ring (bicyclic) bond motifs is 1. The van der Waals surface area contributed by atoms with Gasteiger partial charge in [0.1, 0.15) is 0 Å². The van der Waals surface area contributed by atoms with Crippen LogP contribution in [0.15, 0.2) is 35.4 Å². The van der Waals surface area contributed by atoms with Gasteiger partial charge in [-0.25, -0.2) is 0 Å². The topological polar surface area (TPSA) is 36.7 Å². The molecule has 0 spiro atoms. The first-order chi connectivity index (χ1) is 8.81. The van der Waals surface area contributed by atoms with Crippen LogP contribution in [0.4, 0.5) is 0 Å². The summed E-state index contributed by atoms with van der Waals surface area (Å²) in [4.78, 5) is 4.40. The van der Waals surface area contributed by atoms with Gasteiger partial charge in [-0.3, -0.25) is 4.98 Å². The molecule has 0 saturated carbocycles. The fourth-order valence-electron chi connectivity index (χ4n) is 2.58. The van der Waals surface area contributed by atoms with Crippen molar-refractivity contribution in [3.8, 4) is 17.2 Å². The summed E-state index contributed by atoms with van der Waals surface area (Å²) in [5.74, 6) is 0. The molecular weight excluding hydrogens is 263 g/mol. The SMILES string of the molecule is N#Cc1c([S-])nc2c(c1-c1ccccc1)CCC2.[Na+]. The molecule has 0 radical (unpaired) electrons. The van der Waals surface area contributed by atoms with Gasteiger partial charge in [0.2, 0.25) is 0 Å². The molecule has 0 atom stereocenters. The first-order valence-electron chi connectivity index (χ1n) is 5.99. The number of nitrogens with zero attached hydrogens (tertiary/aromatic N) is 2. The second-order valence-corrected chi connectivity index (χ2v) is 4.81. The summed E-state index contributed by atoms with van der Waals surface area (Å²) in [5, 5.41) is 9.78. The predicted octanol–water partition coefficient (Wildman–Crippen LogP) is 0.0188. The molecule has 0 bridgehead atoms. The Bertz CT molecular complexity index is 647. The molecular formula is C15H11N2NaS. The van der Waals surface area contributed by atoms with E-state index >= 15 is 0 Å². The maximum atomic E-state index is 9.34. The van der Waals surface area contributed by atoms with E-state index in [4.69, 9.17) is 12.6 Å². The summed E-state index contributed by atoms with van der Waals surface area (Å²) in [5.41, 5.74) is 4.92. The number of rotatable bonds is 1. The van der Waals surface area contributed by atoms with Crippen molar-refractivity contribution in [3.05, 3.63) is 47.2 Å². The van der Waals surface area contributed by atoms with Crippen LogP contribution < -0.4 is 29.6 Å². The summed E-state index contributed by atoms with van der Waals surface area (Å²) in [6.45, 7) is 0. The average Bonchev–Trinajstić information content (AvgIpc) is 2.85. The minimum Gasteiger partial charge on any atom is -0.759 e. The molecule has 2 aromatic rings. The van der Waals surface area contributed by atoms with E-state index in [1.165, 1.54) is 5.56 Å². The Morgan fingerprint density at radius 3 is 2.58 bits per heavy atom. The Morgan fingerprint density at radius 2 is 1.89 bits per heavy atom. The summed E-state index contributed by atoms with van der Waals surface area (Å²) in [6, 6.07) is 12.2. The molecule has 2 nitrogen and oxygen atoms in total. The fourth-order valence-corrected chi connectivity index (χ4v) is 2.84. The van der Waals surface area contributed by atoms with Crippen LogP contribution in [0, 0.1) is 11.3 Å². The van der Waals surface area contributed by atoms with Crippen LogP contribution in [-0.4, -0.2) is 4.98 Å². The zero-order chi connectivity index (χ0) is 12.5. The van der Waals surface area contributed by atoms with E-state index in [2.05, 4.69) is 11.1 Å². The molecule has 0 unspecified atom stereocenters. The van der Waals surface area contributed by atoms with Gasteiger partial charge in [-0.05, 0) is 30.4 Å².